The van der Waals surface area contributed by atoms with Crippen molar-refractivity contribution in [3.63, 3.8) is 0 Å². The number of alkyl carbamates (subject to hydrolysis) is 1. The van der Waals surface area contributed by atoms with E-state index in [1.54, 1.807) is 41.5 Å². The maximum absolute atomic E-state index is 12.7. The summed E-state index contributed by atoms with van der Waals surface area (Å²) in [5, 5.41) is 9.12. The Balaban J connectivity index is 0.000000417. The van der Waals surface area contributed by atoms with Crippen molar-refractivity contribution in [2.75, 3.05) is 13.6 Å². The van der Waals surface area contributed by atoms with Crippen LogP contribution in [-0.2, 0) is 32.0 Å². The van der Waals surface area contributed by atoms with E-state index in [0.717, 1.165) is 0 Å². The number of likely N-dealkylation sites (N-methyl/N-ethyl adjacent to an activating group) is 1. The fraction of sp³-hybridized carbons (Fsp3) is 0.600. The number of fused-ring (bicyclic) bond motifs is 1. The number of hydrogen-bond acceptors (Lipinski definition) is 6. The minimum absolute atomic E-state index is 0.194. The number of carbonyl (C=O) groups is 4. The molecular formula is C30H47N5O5. The molecule has 40 heavy (non-hydrogen) atoms. The molecule has 0 spiro atoms. The van der Waals surface area contributed by atoms with Crippen molar-refractivity contribution in [1.29, 1.82) is 0 Å². The van der Waals surface area contributed by atoms with E-state index in [4.69, 9.17) is 4.74 Å². The Morgan fingerprint density at radius 1 is 1.07 bits per heavy atom. The molecule has 1 heterocycles. The van der Waals surface area contributed by atoms with Gasteiger partial charge in [0.05, 0.1) is 0 Å². The molecule has 1 unspecified atom stereocenters. The number of hydrogen-bond donors (Lipinski definition) is 4. The summed E-state index contributed by atoms with van der Waals surface area (Å²) in [6.45, 7) is 14.5. The number of nitrogens with zero attached hydrogens (tertiary/aromatic N) is 1. The molecule has 3 atom stereocenters. The quantitative estimate of drug-likeness (QED) is 0.408. The zero-order valence-electron chi connectivity index (χ0n) is 25.1. The lowest BCUT2D eigenvalue weighted by molar-refractivity contribution is -0.143. The lowest BCUT2D eigenvalue weighted by Gasteiger charge is -2.35. The first kappa shape index (κ1) is 32.8. The van der Waals surface area contributed by atoms with E-state index in [9.17, 15) is 19.2 Å². The molecule has 10 heteroatoms. The molecule has 0 radical (unpaired) electrons. The summed E-state index contributed by atoms with van der Waals surface area (Å²) in [6, 6.07) is 4.47. The van der Waals surface area contributed by atoms with Crippen LogP contribution in [0.4, 0.5) is 4.79 Å². The van der Waals surface area contributed by atoms with E-state index < -0.39 is 35.7 Å². The van der Waals surface area contributed by atoms with Crippen LogP contribution in [0.15, 0.2) is 24.8 Å². The molecule has 0 aromatic heterocycles. The molecular weight excluding hydrogens is 510 g/mol. The first-order chi connectivity index (χ1) is 18.7. The molecule has 1 aromatic rings. The number of nitrogens with one attached hydrogen (secondary N) is 4. The van der Waals surface area contributed by atoms with Gasteiger partial charge in [0.25, 0.3) is 5.91 Å². The van der Waals surface area contributed by atoms with Gasteiger partial charge in [0.2, 0.25) is 11.8 Å². The highest BCUT2D eigenvalue weighted by molar-refractivity contribution is 5.91. The van der Waals surface area contributed by atoms with Gasteiger partial charge in [-0.15, -0.1) is 0 Å². The Labute approximate surface area is 238 Å². The molecule has 1 saturated heterocycles. The molecule has 1 aliphatic heterocycles. The van der Waals surface area contributed by atoms with Crippen molar-refractivity contribution >= 4 is 29.9 Å². The van der Waals surface area contributed by atoms with Crippen molar-refractivity contribution in [2.24, 2.45) is 5.92 Å². The monoisotopic (exact) mass is 557 g/mol. The van der Waals surface area contributed by atoms with E-state index in [1.807, 2.05) is 6.08 Å². The van der Waals surface area contributed by atoms with Gasteiger partial charge in [0, 0.05) is 13.6 Å². The molecule has 2 aliphatic rings. The van der Waals surface area contributed by atoms with Gasteiger partial charge >= 0.3 is 6.09 Å². The van der Waals surface area contributed by atoms with Crippen LogP contribution in [-0.4, -0.2) is 66.1 Å². The second kappa shape index (κ2) is 14.8. The number of aryl methyl sites for hydroxylation is 2. The van der Waals surface area contributed by atoms with Crippen molar-refractivity contribution < 1.29 is 23.9 Å². The third-order valence-corrected chi connectivity index (χ3v) is 6.72. The van der Waals surface area contributed by atoms with Crippen molar-refractivity contribution in [3.05, 3.63) is 41.5 Å². The Kier molecular flexibility index (Phi) is 12.2. The predicted molar refractivity (Wildman–Crippen MR) is 156 cm³/mol. The molecule has 4 amide bonds. The molecule has 3 rings (SSSR count). The molecule has 4 N–H and O–H groups in total. The molecule has 1 aromatic carbocycles. The van der Waals surface area contributed by atoms with E-state index in [0.29, 0.717) is 19.4 Å². The van der Waals surface area contributed by atoms with Gasteiger partial charge in [0.15, 0.2) is 0 Å². The lowest BCUT2D eigenvalue weighted by Crippen LogP contribution is -2.61. The van der Waals surface area contributed by atoms with E-state index in [1.165, 1.54) is 48.0 Å². The summed E-state index contributed by atoms with van der Waals surface area (Å²) in [5.74, 6) is -1.24. The Bertz CT molecular complexity index is 1070. The summed E-state index contributed by atoms with van der Waals surface area (Å²) in [6.07, 6.45) is 6.38. The Hall–Kier alpha value is -3.40. The highest BCUT2D eigenvalue weighted by Gasteiger charge is 2.33. The second-order valence-corrected chi connectivity index (χ2v) is 11.6. The summed E-state index contributed by atoms with van der Waals surface area (Å²) in [7, 11) is 1.54. The number of amides is 4. The third-order valence-electron chi connectivity index (χ3n) is 6.72. The number of rotatable bonds is 7. The number of carbonyl (C=O) groups excluding carboxylic acids is 4. The highest BCUT2D eigenvalue weighted by Crippen LogP contribution is 2.23. The SMILES string of the molecule is C=Cc1ccc2c(c1)CCC2.CNC(=O)[C@@H]1CCCN(C(=O)[C@H](C)NC(=O)C(NC(=O)OC(C)(C)C)C(C)C)N1. The molecule has 1 fully saturated rings. The summed E-state index contributed by atoms with van der Waals surface area (Å²) < 4.78 is 5.21. The Morgan fingerprint density at radius 2 is 1.75 bits per heavy atom. The van der Waals surface area contributed by atoms with Crippen molar-refractivity contribution in [1.82, 2.24) is 26.4 Å². The van der Waals surface area contributed by atoms with Gasteiger partial charge < -0.3 is 20.7 Å². The van der Waals surface area contributed by atoms with Crippen molar-refractivity contribution in [3.8, 4) is 0 Å². The van der Waals surface area contributed by atoms with Gasteiger partial charge in [-0.3, -0.25) is 19.4 Å². The van der Waals surface area contributed by atoms with Gasteiger partial charge in [-0.25, -0.2) is 10.2 Å². The Morgan fingerprint density at radius 3 is 2.35 bits per heavy atom. The maximum Gasteiger partial charge on any atom is 0.408 e. The van der Waals surface area contributed by atoms with Crippen LogP contribution in [0.2, 0.25) is 0 Å². The van der Waals surface area contributed by atoms with Crippen LogP contribution in [0.3, 0.4) is 0 Å². The van der Waals surface area contributed by atoms with Gasteiger partial charge in [-0.1, -0.05) is 44.7 Å². The predicted octanol–water partition coefficient (Wildman–Crippen LogP) is 3.10. The van der Waals surface area contributed by atoms with Crippen LogP contribution in [0, 0.1) is 5.92 Å². The fourth-order valence-electron chi connectivity index (χ4n) is 4.60. The normalized spacial score (nSPS) is 17.9. The van der Waals surface area contributed by atoms with Crippen molar-refractivity contribution in [2.45, 2.75) is 97.4 Å². The van der Waals surface area contributed by atoms with Crippen LogP contribution in [0.25, 0.3) is 6.08 Å². The third kappa shape index (κ3) is 9.97. The average Bonchev–Trinajstić information content (AvgIpc) is 3.38. The van der Waals surface area contributed by atoms with E-state index in [-0.39, 0.29) is 17.7 Å². The highest BCUT2D eigenvalue weighted by atomic mass is 16.6. The molecule has 1 aliphatic carbocycles. The minimum Gasteiger partial charge on any atom is -0.444 e. The zero-order chi connectivity index (χ0) is 30.0. The van der Waals surface area contributed by atoms with Gasteiger partial charge in [0.1, 0.15) is 23.7 Å². The molecule has 10 nitrogen and oxygen atoms in total. The van der Waals surface area contributed by atoms with Crippen LogP contribution in [0.5, 0.6) is 0 Å². The lowest BCUT2D eigenvalue weighted by atomic mass is 10.0. The fourth-order valence-corrected chi connectivity index (χ4v) is 4.60. The number of benzene rings is 1. The minimum atomic E-state index is -0.854. The zero-order valence-corrected chi connectivity index (χ0v) is 25.1. The first-order valence-electron chi connectivity index (χ1n) is 14.1. The molecule has 0 saturated carbocycles. The standard InChI is InChI=1S/C19H35N5O5.C11H12/c1-11(2)14(22-18(28)29-19(4,5)6)16(26)21-12(3)17(27)24-10-8-9-13(23-24)15(25)20-7;1-2-9-6-7-10-4-3-5-11(10)8-9/h11-14,23H,8-10H2,1-7H3,(H,20,25)(H,21,26)(H,22,28);2,6-8H,1,3-5H2/t12-,13-,14?;/m0./s1. The van der Waals surface area contributed by atoms with Gasteiger partial charge in [-0.05, 0) is 82.4 Å². The molecule has 0 bridgehead atoms. The van der Waals surface area contributed by atoms with Crippen LogP contribution in [0.1, 0.15) is 77.5 Å². The number of hydrazine groups is 1. The maximum atomic E-state index is 12.7. The topological polar surface area (TPSA) is 129 Å². The van der Waals surface area contributed by atoms with Crippen LogP contribution < -0.4 is 21.4 Å². The first-order valence-corrected chi connectivity index (χ1v) is 14.1. The second-order valence-electron chi connectivity index (χ2n) is 11.6. The van der Waals surface area contributed by atoms with Crippen LogP contribution >= 0.6 is 0 Å². The number of ether oxygens (including phenoxy) is 1. The molecule has 222 valence electrons. The smallest absolute Gasteiger partial charge is 0.408 e. The summed E-state index contributed by atoms with van der Waals surface area (Å²) in [4.78, 5) is 49.2. The van der Waals surface area contributed by atoms with E-state index in [2.05, 4.69) is 46.2 Å². The van der Waals surface area contributed by atoms with E-state index >= 15 is 0 Å². The average molecular weight is 558 g/mol. The van der Waals surface area contributed by atoms with Gasteiger partial charge in [-0.2, -0.15) is 0 Å². The summed E-state index contributed by atoms with van der Waals surface area (Å²) >= 11 is 0. The summed E-state index contributed by atoms with van der Waals surface area (Å²) in [5.41, 5.74) is 6.53. The largest absolute Gasteiger partial charge is 0.444 e.